The van der Waals surface area contributed by atoms with Crippen molar-refractivity contribution in [2.75, 3.05) is 19.4 Å². The molecule has 0 heterocycles. The Morgan fingerprint density at radius 1 is 1.60 bits per heavy atom. The first-order valence-electron chi connectivity index (χ1n) is 4.02. The van der Waals surface area contributed by atoms with Crippen LogP contribution < -0.4 is 15.8 Å². The minimum atomic E-state index is -0.556. The molecule has 15 heavy (non-hydrogen) atoms. The second-order valence-corrected chi connectivity index (χ2v) is 2.65. The van der Waals surface area contributed by atoms with Crippen molar-refractivity contribution in [3.8, 4) is 5.75 Å². The monoisotopic (exact) mass is 234 g/mol. The van der Waals surface area contributed by atoms with Crippen LogP contribution in [0.4, 0.5) is 10.1 Å². The summed E-state index contributed by atoms with van der Waals surface area (Å²) in [5.74, 6) is -0.554. The van der Waals surface area contributed by atoms with Gasteiger partial charge in [0, 0.05) is 13.1 Å². The van der Waals surface area contributed by atoms with Gasteiger partial charge in [0.05, 0.1) is 5.69 Å². The summed E-state index contributed by atoms with van der Waals surface area (Å²) in [6, 6.07) is 4.02. The van der Waals surface area contributed by atoms with Gasteiger partial charge in [-0.1, -0.05) is 0 Å². The second kappa shape index (κ2) is 6.08. The van der Waals surface area contributed by atoms with Gasteiger partial charge in [0.15, 0.2) is 6.61 Å². The summed E-state index contributed by atoms with van der Waals surface area (Å²) in [5, 5.41) is 2.38. The number of nitrogen functional groups attached to an aromatic ring is 1. The van der Waals surface area contributed by atoms with Crippen LogP contribution in [0.2, 0.25) is 0 Å². The molecule has 0 aliphatic heterocycles. The van der Waals surface area contributed by atoms with E-state index in [-0.39, 0.29) is 36.4 Å². The molecule has 1 rings (SSSR count). The number of carbonyl (C=O) groups excluding carboxylic acids is 1. The van der Waals surface area contributed by atoms with Crippen LogP contribution in [-0.2, 0) is 4.79 Å². The summed E-state index contributed by atoms with van der Waals surface area (Å²) in [6.45, 7) is -0.139. The molecule has 84 valence electrons. The fourth-order valence-corrected chi connectivity index (χ4v) is 0.819. The number of nitrogens with two attached hydrogens (primary N) is 1. The molecule has 4 nitrogen and oxygen atoms in total. The lowest BCUT2D eigenvalue weighted by Gasteiger charge is -2.05. The van der Waals surface area contributed by atoms with Crippen molar-refractivity contribution in [1.29, 1.82) is 0 Å². The summed E-state index contributed by atoms with van der Waals surface area (Å²) in [4.78, 5) is 10.8. The zero-order valence-electron chi connectivity index (χ0n) is 8.12. The largest absolute Gasteiger partial charge is 0.484 e. The van der Waals surface area contributed by atoms with Gasteiger partial charge >= 0.3 is 0 Å². The van der Waals surface area contributed by atoms with E-state index in [1.165, 1.54) is 19.2 Å². The number of benzene rings is 1. The molecular weight excluding hydrogens is 223 g/mol. The fourth-order valence-electron chi connectivity index (χ4n) is 0.819. The molecule has 0 bridgehead atoms. The summed E-state index contributed by atoms with van der Waals surface area (Å²) < 4.78 is 17.9. The smallest absolute Gasteiger partial charge is 0.257 e. The molecule has 0 radical (unpaired) electrons. The Kier molecular flexibility index (Phi) is 5.48. The van der Waals surface area contributed by atoms with Crippen LogP contribution in [0.3, 0.4) is 0 Å². The molecule has 1 aromatic rings. The summed E-state index contributed by atoms with van der Waals surface area (Å²) >= 11 is 0. The number of hydrogen-bond acceptors (Lipinski definition) is 3. The number of hydrogen-bond donors (Lipinski definition) is 2. The zero-order chi connectivity index (χ0) is 10.6. The molecule has 0 fully saturated rings. The van der Waals surface area contributed by atoms with E-state index in [2.05, 4.69) is 5.32 Å². The normalized spacial score (nSPS) is 8.93. The molecule has 0 aliphatic rings. The van der Waals surface area contributed by atoms with Crippen LogP contribution in [0.1, 0.15) is 0 Å². The lowest BCUT2D eigenvalue weighted by atomic mass is 10.3. The lowest BCUT2D eigenvalue weighted by Crippen LogP contribution is -2.24. The van der Waals surface area contributed by atoms with Gasteiger partial charge in [-0.15, -0.1) is 12.4 Å². The van der Waals surface area contributed by atoms with Gasteiger partial charge in [0.2, 0.25) is 0 Å². The third-order valence-corrected chi connectivity index (χ3v) is 1.62. The molecule has 0 atom stereocenters. The van der Waals surface area contributed by atoms with Gasteiger partial charge in [0.1, 0.15) is 11.6 Å². The Hall–Kier alpha value is -1.49. The fraction of sp³-hybridized carbons (Fsp3) is 0.222. The highest BCUT2D eigenvalue weighted by Gasteiger charge is 2.02. The first-order valence-corrected chi connectivity index (χ1v) is 4.02. The highest BCUT2D eigenvalue weighted by Crippen LogP contribution is 2.17. The third kappa shape index (κ3) is 4.03. The quantitative estimate of drug-likeness (QED) is 0.766. The maximum absolute atomic E-state index is 12.9. The van der Waals surface area contributed by atoms with Crippen molar-refractivity contribution in [1.82, 2.24) is 5.32 Å². The third-order valence-electron chi connectivity index (χ3n) is 1.62. The molecule has 0 aliphatic carbocycles. The highest BCUT2D eigenvalue weighted by molar-refractivity contribution is 5.85. The first-order chi connectivity index (χ1) is 6.63. The van der Waals surface area contributed by atoms with E-state index in [0.29, 0.717) is 0 Å². The predicted octanol–water partition coefficient (Wildman–Crippen LogP) is 0.954. The lowest BCUT2D eigenvalue weighted by molar-refractivity contribution is -0.122. The molecular formula is C9H12ClFN2O2. The molecule has 0 saturated carbocycles. The number of ether oxygens (including phenoxy) is 1. The number of likely N-dealkylation sites (N-methyl/N-ethyl adjacent to an activating group) is 1. The van der Waals surface area contributed by atoms with Crippen LogP contribution in [0.15, 0.2) is 18.2 Å². The van der Waals surface area contributed by atoms with Crippen LogP contribution in [-0.4, -0.2) is 19.6 Å². The number of amides is 1. The van der Waals surface area contributed by atoms with Gasteiger partial charge in [-0.05, 0) is 12.1 Å². The molecule has 0 aromatic heterocycles. The Balaban J connectivity index is 0.00000196. The Morgan fingerprint density at radius 3 is 2.80 bits per heavy atom. The number of nitrogens with one attached hydrogen (secondary N) is 1. The average Bonchev–Trinajstić information content (AvgIpc) is 2.19. The van der Waals surface area contributed by atoms with Crippen LogP contribution in [0, 0.1) is 5.82 Å². The van der Waals surface area contributed by atoms with E-state index in [0.717, 1.165) is 6.07 Å². The predicted molar refractivity (Wildman–Crippen MR) is 57.6 cm³/mol. The minimum Gasteiger partial charge on any atom is -0.484 e. The van der Waals surface area contributed by atoms with E-state index in [1.807, 2.05) is 0 Å². The number of carbonyl (C=O) groups is 1. The summed E-state index contributed by atoms with van der Waals surface area (Å²) in [7, 11) is 1.50. The maximum atomic E-state index is 12.9. The second-order valence-electron chi connectivity index (χ2n) is 2.65. The summed E-state index contributed by atoms with van der Waals surface area (Å²) in [6.07, 6.45) is 0. The Bertz CT molecular complexity index is 347. The number of rotatable bonds is 3. The number of anilines is 1. The maximum Gasteiger partial charge on any atom is 0.257 e. The topological polar surface area (TPSA) is 64.3 Å². The zero-order valence-corrected chi connectivity index (χ0v) is 8.94. The Labute approximate surface area is 93.0 Å². The van der Waals surface area contributed by atoms with Crippen molar-refractivity contribution in [3.05, 3.63) is 24.0 Å². The van der Waals surface area contributed by atoms with Crippen LogP contribution >= 0.6 is 12.4 Å². The van der Waals surface area contributed by atoms with Crippen molar-refractivity contribution < 1.29 is 13.9 Å². The van der Waals surface area contributed by atoms with E-state index in [4.69, 9.17) is 10.5 Å². The van der Waals surface area contributed by atoms with Crippen molar-refractivity contribution in [2.45, 2.75) is 0 Å². The highest BCUT2D eigenvalue weighted by atomic mass is 35.5. The van der Waals surface area contributed by atoms with Gasteiger partial charge in [-0.2, -0.15) is 0 Å². The average molecular weight is 235 g/mol. The van der Waals surface area contributed by atoms with Crippen LogP contribution in [0.5, 0.6) is 5.75 Å². The van der Waals surface area contributed by atoms with Crippen molar-refractivity contribution in [3.63, 3.8) is 0 Å². The van der Waals surface area contributed by atoms with Crippen LogP contribution in [0.25, 0.3) is 0 Å². The molecule has 0 saturated heterocycles. The molecule has 3 N–H and O–H groups in total. The Morgan fingerprint density at radius 2 is 2.27 bits per heavy atom. The van der Waals surface area contributed by atoms with Gasteiger partial charge < -0.3 is 15.8 Å². The van der Waals surface area contributed by atoms with Gasteiger partial charge in [0.25, 0.3) is 5.91 Å². The first kappa shape index (κ1) is 13.5. The van der Waals surface area contributed by atoms with Crippen molar-refractivity contribution in [2.24, 2.45) is 0 Å². The molecule has 1 aromatic carbocycles. The van der Waals surface area contributed by atoms with E-state index in [1.54, 1.807) is 0 Å². The minimum absolute atomic E-state index is 0. The molecule has 0 spiro atoms. The van der Waals surface area contributed by atoms with Gasteiger partial charge in [-0.25, -0.2) is 4.39 Å². The number of halogens is 2. The van der Waals surface area contributed by atoms with Gasteiger partial charge in [-0.3, -0.25) is 4.79 Å². The molecule has 6 heteroatoms. The van der Waals surface area contributed by atoms with E-state index >= 15 is 0 Å². The summed E-state index contributed by atoms with van der Waals surface area (Å²) in [5.41, 5.74) is 5.31. The SMILES string of the molecule is CNC(=O)COc1ccc(N)c(F)c1.Cl. The standard InChI is InChI=1S/C9H11FN2O2.ClH/c1-12-9(13)5-14-6-2-3-8(11)7(10)4-6;/h2-4H,5,11H2,1H3,(H,12,13);1H. The molecule has 1 amide bonds. The van der Waals surface area contributed by atoms with Crippen molar-refractivity contribution >= 4 is 24.0 Å². The molecule has 0 unspecified atom stereocenters. The van der Waals surface area contributed by atoms with E-state index < -0.39 is 5.82 Å². The van der Waals surface area contributed by atoms with E-state index in [9.17, 15) is 9.18 Å².